The number of hydrogen-bond acceptors (Lipinski definition) is 3. The molecule has 0 aromatic heterocycles. The quantitative estimate of drug-likeness (QED) is 0.675. The van der Waals surface area contributed by atoms with E-state index < -0.39 is 10.0 Å². The van der Waals surface area contributed by atoms with E-state index in [1.807, 2.05) is 13.0 Å². The Bertz CT molecular complexity index is 670. The molecule has 116 valence electrons. The smallest absolute Gasteiger partial charge is 0.243 e. The molecule has 0 aliphatic carbocycles. The lowest BCUT2D eigenvalue weighted by Gasteiger charge is -2.31. The molecule has 21 heavy (non-hydrogen) atoms. The minimum absolute atomic E-state index is 0.101. The van der Waals surface area contributed by atoms with Gasteiger partial charge in [-0.1, -0.05) is 38.5 Å². The van der Waals surface area contributed by atoms with Crippen LogP contribution in [0, 0.1) is 12.3 Å². The number of nitrogens with zero attached hydrogens (tertiary/aromatic N) is 1. The molecule has 0 unspecified atom stereocenters. The number of sulfonamides is 1. The molecule has 1 aliphatic rings. The van der Waals surface area contributed by atoms with Gasteiger partial charge in [-0.25, -0.2) is 8.42 Å². The Morgan fingerprint density at radius 3 is 2.38 bits per heavy atom. The molecular formula is C16H24N2O2S. The Morgan fingerprint density at radius 1 is 1.24 bits per heavy atom. The Morgan fingerprint density at radius 2 is 1.90 bits per heavy atom. The van der Waals surface area contributed by atoms with Crippen LogP contribution in [0.1, 0.15) is 32.8 Å². The number of anilines is 1. The van der Waals surface area contributed by atoms with Gasteiger partial charge in [0.15, 0.2) is 0 Å². The van der Waals surface area contributed by atoms with Crippen molar-refractivity contribution in [1.82, 2.24) is 4.31 Å². The first-order chi connectivity index (χ1) is 9.62. The molecule has 0 spiro atoms. The minimum atomic E-state index is -3.46. The molecular weight excluding hydrogens is 284 g/mol. The molecule has 1 aliphatic heterocycles. The first kappa shape index (κ1) is 16.0. The molecule has 0 saturated heterocycles. The molecule has 0 amide bonds. The van der Waals surface area contributed by atoms with Gasteiger partial charge in [-0.15, -0.1) is 0 Å². The fourth-order valence-corrected chi connectivity index (χ4v) is 3.89. The number of benzene rings is 1. The van der Waals surface area contributed by atoms with Gasteiger partial charge in [0.2, 0.25) is 10.0 Å². The summed E-state index contributed by atoms with van der Waals surface area (Å²) in [6.45, 7) is 9.30. The maximum absolute atomic E-state index is 12.6. The Balaban J connectivity index is 2.26. The SMILES string of the molecule is Cc1ccc(S(=O)(=O)N2CC=C(C(C)(C)C)CC2)cc1N. The summed E-state index contributed by atoms with van der Waals surface area (Å²) >= 11 is 0. The van der Waals surface area contributed by atoms with Crippen molar-refractivity contribution in [2.45, 2.75) is 39.0 Å². The molecule has 1 heterocycles. The van der Waals surface area contributed by atoms with Crippen LogP contribution < -0.4 is 5.73 Å². The third-order valence-electron chi connectivity index (χ3n) is 4.02. The van der Waals surface area contributed by atoms with Gasteiger partial charge in [-0.05, 0) is 36.5 Å². The molecule has 1 aromatic carbocycles. The highest BCUT2D eigenvalue weighted by atomic mass is 32.2. The lowest BCUT2D eigenvalue weighted by atomic mass is 9.83. The van der Waals surface area contributed by atoms with Crippen LogP contribution in [0.4, 0.5) is 5.69 Å². The van der Waals surface area contributed by atoms with Gasteiger partial charge in [-0.3, -0.25) is 0 Å². The molecule has 2 rings (SSSR count). The summed E-state index contributed by atoms with van der Waals surface area (Å²) in [5, 5.41) is 0. The fraction of sp³-hybridized carbons (Fsp3) is 0.500. The van der Waals surface area contributed by atoms with Crippen molar-refractivity contribution < 1.29 is 8.42 Å². The molecule has 1 aromatic rings. The minimum Gasteiger partial charge on any atom is -0.398 e. The van der Waals surface area contributed by atoms with Crippen LogP contribution in [-0.4, -0.2) is 25.8 Å². The molecule has 5 heteroatoms. The normalized spacial score (nSPS) is 17.6. The summed E-state index contributed by atoms with van der Waals surface area (Å²) in [7, 11) is -3.46. The molecule has 2 N–H and O–H groups in total. The Kier molecular flexibility index (Phi) is 4.17. The standard InChI is InChI=1S/C16H24N2O2S/c1-12-5-6-14(11-15(12)17)21(19,20)18-9-7-13(8-10-18)16(2,3)4/h5-7,11H,8-10,17H2,1-4H3. The maximum Gasteiger partial charge on any atom is 0.243 e. The fourth-order valence-electron chi connectivity index (χ4n) is 2.48. The summed E-state index contributed by atoms with van der Waals surface area (Å²) in [5.41, 5.74) is 8.65. The Hall–Kier alpha value is -1.33. The maximum atomic E-state index is 12.6. The number of aryl methyl sites for hydroxylation is 1. The summed E-state index contributed by atoms with van der Waals surface area (Å²) in [6, 6.07) is 4.93. The van der Waals surface area contributed by atoms with Crippen molar-refractivity contribution in [2.75, 3.05) is 18.8 Å². The highest BCUT2D eigenvalue weighted by Gasteiger charge is 2.29. The van der Waals surface area contributed by atoms with Crippen LogP contribution in [0.2, 0.25) is 0 Å². The van der Waals surface area contributed by atoms with E-state index in [2.05, 4.69) is 20.8 Å². The van der Waals surface area contributed by atoms with E-state index in [9.17, 15) is 8.42 Å². The van der Waals surface area contributed by atoms with Crippen molar-refractivity contribution in [3.05, 3.63) is 35.4 Å². The zero-order chi connectivity index (χ0) is 15.8. The van der Waals surface area contributed by atoms with Gasteiger partial charge < -0.3 is 5.73 Å². The Labute approximate surface area is 127 Å². The van der Waals surface area contributed by atoms with E-state index in [0.717, 1.165) is 12.0 Å². The van der Waals surface area contributed by atoms with E-state index in [1.165, 1.54) is 9.88 Å². The second-order valence-corrected chi connectivity index (χ2v) is 8.55. The van der Waals surface area contributed by atoms with Gasteiger partial charge >= 0.3 is 0 Å². The topological polar surface area (TPSA) is 63.4 Å². The lowest BCUT2D eigenvalue weighted by Crippen LogP contribution is -2.36. The van der Waals surface area contributed by atoms with Crippen LogP contribution in [0.5, 0.6) is 0 Å². The van der Waals surface area contributed by atoms with Crippen LogP contribution in [0.3, 0.4) is 0 Å². The summed E-state index contributed by atoms with van der Waals surface area (Å²) in [4.78, 5) is 0.276. The largest absolute Gasteiger partial charge is 0.398 e. The lowest BCUT2D eigenvalue weighted by molar-refractivity contribution is 0.389. The monoisotopic (exact) mass is 308 g/mol. The van der Waals surface area contributed by atoms with Gasteiger partial charge in [0.25, 0.3) is 0 Å². The van der Waals surface area contributed by atoms with E-state index >= 15 is 0 Å². The van der Waals surface area contributed by atoms with Gasteiger partial charge in [0.05, 0.1) is 4.90 Å². The van der Waals surface area contributed by atoms with Crippen molar-refractivity contribution in [3.63, 3.8) is 0 Å². The number of rotatable bonds is 2. The highest BCUT2D eigenvalue weighted by Crippen LogP contribution is 2.32. The number of nitrogen functional groups attached to an aromatic ring is 1. The average Bonchev–Trinajstić information content (AvgIpc) is 2.41. The van der Waals surface area contributed by atoms with Crippen molar-refractivity contribution >= 4 is 15.7 Å². The molecule has 0 fully saturated rings. The highest BCUT2D eigenvalue weighted by molar-refractivity contribution is 7.89. The van der Waals surface area contributed by atoms with Crippen LogP contribution in [-0.2, 0) is 10.0 Å². The zero-order valence-electron chi connectivity index (χ0n) is 13.2. The molecule has 0 saturated carbocycles. The van der Waals surface area contributed by atoms with Gasteiger partial charge in [-0.2, -0.15) is 4.31 Å². The number of hydrogen-bond donors (Lipinski definition) is 1. The molecule has 4 nitrogen and oxygen atoms in total. The van der Waals surface area contributed by atoms with Crippen molar-refractivity contribution in [3.8, 4) is 0 Å². The van der Waals surface area contributed by atoms with Crippen molar-refractivity contribution in [2.24, 2.45) is 5.41 Å². The summed E-state index contributed by atoms with van der Waals surface area (Å²) in [6.07, 6.45) is 2.82. The first-order valence-corrected chi connectivity index (χ1v) is 8.62. The summed E-state index contributed by atoms with van der Waals surface area (Å²) < 4.78 is 26.8. The first-order valence-electron chi connectivity index (χ1n) is 7.18. The van der Waals surface area contributed by atoms with E-state index in [0.29, 0.717) is 18.8 Å². The van der Waals surface area contributed by atoms with Gasteiger partial charge in [0, 0.05) is 18.8 Å². The van der Waals surface area contributed by atoms with Crippen LogP contribution in [0.25, 0.3) is 0 Å². The predicted molar refractivity (Wildman–Crippen MR) is 86.5 cm³/mol. The molecule has 0 bridgehead atoms. The van der Waals surface area contributed by atoms with Crippen LogP contribution >= 0.6 is 0 Å². The van der Waals surface area contributed by atoms with Crippen molar-refractivity contribution in [1.29, 1.82) is 0 Å². The third kappa shape index (κ3) is 3.30. The molecule has 0 radical (unpaired) electrons. The second kappa shape index (κ2) is 5.46. The van der Waals surface area contributed by atoms with E-state index in [-0.39, 0.29) is 10.3 Å². The average molecular weight is 308 g/mol. The van der Waals surface area contributed by atoms with E-state index in [1.54, 1.807) is 18.2 Å². The third-order valence-corrected chi connectivity index (χ3v) is 5.88. The second-order valence-electron chi connectivity index (χ2n) is 6.61. The molecule has 0 atom stereocenters. The predicted octanol–water partition coefficient (Wildman–Crippen LogP) is 2.94. The zero-order valence-corrected chi connectivity index (χ0v) is 14.0. The number of nitrogens with two attached hydrogens (primary N) is 1. The van der Waals surface area contributed by atoms with E-state index in [4.69, 9.17) is 5.73 Å². The van der Waals surface area contributed by atoms with Crippen LogP contribution in [0.15, 0.2) is 34.7 Å². The van der Waals surface area contributed by atoms with Gasteiger partial charge in [0.1, 0.15) is 0 Å². The summed E-state index contributed by atoms with van der Waals surface area (Å²) in [5.74, 6) is 0.